The van der Waals surface area contributed by atoms with Gasteiger partial charge < -0.3 is 10.2 Å². The fourth-order valence-corrected chi connectivity index (χ4v) is 3.91. The average molecular weight is 343 g/mol. The van der Waals surface area contributed by atoms with Gasteiger partial charge in [-0.2, -0.15) is 4.98 Å². The van der Waals surface area contributed by atoms with E-state index in [2.05, 4.69) is 15.3 Å². The standard InChI is InChI=1S/C13H17ClN4OS.C2H6/c1-8(19)18-5-2-9(3-6-18)15-12-11-10(4-7-20-11)16-13(14)17-12;1-2/h9H,2-7H2,1H3,(H,15,16,17);1-2H3. The summed E-state index contributed by atoms with van der Waals surface area (Å²) in [5, 5.41) is 3.80. The summed E-state index contributed by atoms with van der Waals surface area (Å²) in [7, 11) is 0. The smallest absolute Gasteiger partial charge is 0.224 e. The average Bonchev–Trinajstić information content (AvgIpc) is 2.98. The lowest BCUT2D eigenvalue weighted by molar-refractivity contribution is -0.129. The number of anilines is 1. The molecule has 0 bridgehead atoms. The Hall–Kier alpha value is -1.01. The van der Waals surface area contributed by atoms with Crippen molar-refractivity contribution in [3.63, 3.8) is 0 Å². The fourth-order valence-electron chi connectivity index (χ4n) is 2.67. The van der Waals surface area contributed by atoms with E-state index < -0.39 is 0 Å². The Morgan fingerprint density at radius 1 is 1.32 bits per heavy atom. The van der Waals surface area contributed by atoms with Crippen LogP contribution in [0.1, 0.15) is 39.3 Å². The highest BCUT2D eigenvalue weighted by molar-refractivity contribution is 7.99. The minimum Gasteiger partial charge on any atom is -0.366 e. The van der Waals surface area contributed by atoms with Crippen molar-refractivity contribution in [3.05, 3.63) is 11.0 Å². The number of nitrogens with one attached hydrogen (secondary N) is 1. The predicted octanol–water partition coefficient (Wildman–Crippen LogP) is 3.23. The molecular weight excluding hydrogens is 320 g/mol. The maximum Gasteiger partial charge on any atom is 0.224 e. The summed E-state index contributed by atoms with van der Waals surface area (Å²) in [6.45, 7) is 7.24. The van der Waals surface area contributed by atoms with Crippen LogP contribution >= 0.6 is 23.4 Å². The molecule has 22 heavy (non-hydrogen) atoms. The van der Waals surface area contributed by atoms with Crippen molar-refractivity contribution >= 4 is 35.1 Å². The molecule has 1 N–H and O–H groups in total. The maximum atomic E-state index is 11.3. The number of fused-ring (bicyclic) bond motifs is 1. The van der Waals surface area contributed by atoms with Crippen molar-refractivity contribution in [2.45, 2.75) is 51.0 Å². The second kappa shape index (κ2) is 8.02. The van der Waals surface area contributed by atoms with Crippen molar-refractivity contribution in [2.24, 2.45) is 0 Å². The lowest BCUT2D eigenvalue weighted by atomic mass is 10.1. The highest BCUT2D eigenvalue weighted by Crippen LogP contribution is 2.36. The molecule has 122 valence electrons. The first-order valence-corrected chi connectivity index (χ1v) is 9.21. The van der Waals surface area contributed by atoms with E-state index in [0.717, 1.165) is 54.5 Å². The molecule has 3 rings (SSSR count). The van der Waals surface area contributed by atoms with E-state index in [9.17, 15) is 4.79 Å². The zero-order chi connectivity index (χ0) is 16.1. The Morgan fingerprint density at radius 3 is 2.64 bits per heavy atom. The van der Waals surface area contributed by atoms with Crippen LogP contribution in [0.5, 0.6) is 0 Å². The number of halogens is 1. The van der Waals surface area contributed by atoms with Gasteiger partial charge >= 0.3 is 0 Å². The molecule has 1 aromatic heterocycles. The summed E-state index contributed by atoms with van der Waals surface area (Å²) in [5.41, 5.74) is 1.05. The molecule has 1 aromatic rings. The highest BCUT2D eigenvalue weighted by atomic mass is 35.5. The number of piperidine rings is 1. The van der Waals surface area contributed by atoms with Crippen LogP contribution in [0.25, 0.3) is 0 Å². The van der Waals surface area contributed by atoms with E-state index in [0.29, 0.717) is 11.3 Å². The van der Waals surface area contributed by atoms with E-state index in [-0.39, 0.29) is 5.91 Å². The van der Waals surface area contributed by atoms with Gasteiger partial charge in [-0.05, 0) is 24.4 Å². The molecule has 0 atom stereocenters. The molecule has 7 heteroatoms. The number of nitrogens with zero attached hydrogens (tertiary/aromatic N) is 3. The topological polar surface area (TPSA) is 58.1 Å². The number of amides is 1. The number of carbonyl (C=O) groups is 1. The summed E-state index contributed by atoms with van der Waals surface area (Å²) in [4.78, 5) is 23.0. The third-order valence-corrected chi connectivity index (χ3v) is 5.07. The number of aryl methyl sites for hydroxylation is 1. The Morgan fingerprint density at radius 2 is 2.00 bits per heavy atom. The number of thioether (sulfide) groups is 1. The summed E-state index contributed by atoms with van der Waals surface area (Å²) >= 11 is 7.77. The molecule has 0 aliphatic carbocycles. The number of rotatable bonds is 2. The fraction of sp³-hybridized carbons (Fsp3) is 0.667. The van der Waals surface area contributed by atoms with E-state index in [1.54, 1.807) is 18.7 Å². The molecule has 3 heterocycles. The Kier molecular flexibility index (Phi) is 6.32. The molecule has 0 aromatic carbocycles. The van der Waals surface area contributed by atoms with Gasteiger partial charge in [-0.3, -0.25) is 4.79 Å². The number of aromatic nitrogens is 2. The number of hydrogen-bond donors (Lipinski definition) is 1. The van der Waals surface area contributed by atoms with Crippen LogP contribution in [0.15, 0.2) is 4.90 Å². The van der Waals surface area contributed by atoms with Crippen LogP contribution < -0.4 is 5.32 Å². The third kappa shape index (κ3) is 4.04. The van der Waals surface area contributed by atoms with Crippen LogP contribution in [-0.2, 0) is 11.2 Å². The van der Waals surface area contributed by atoms with Crippen LogP contribution in [0, 0.1) is 0 Å². The molecule has 1 amide bonds. The first kappa shape index (κ1) is 17.3. The summed E-state index contributed by atoms with van der Waals surface area (Å²) in [6, 6.07) is 0.349. The molecule has 0 spiro atoms. The molecule has 0 unspecified atom stereocenters. The van der Waals surface area contributed by atoms with E-state index in [1.165, 1.54) is 0 Å². The van der Waals surface area contributed by atoms with Gasteiger partial charge in [-0.1, -0.05) is 13.8 Å². The minimum atomic E-state index is 0.157. The highest BCUT2D eigenvalue weighted by Gasteiger charge is 2.24. The molecule has 2 aliphatic rings. The van der Waals surface area contributed by atoms with Gasteiger partial charge in [0.25, 0.3) is 0 Å². The zero-order valence-corrected chi connectivity index (χ0v) is 14.9. The molecule has 2 aliphatic heterocycles. The summed E-state index contributed by atoms with van der Waals surface area (Å²) in [6.07, 6.45) is 2.85. The molecule has 0 radical (unpaired) electrons. The SMILES string of the molecule is CC.CC(=O)N1CCC(Nc2nc(Cl)nc3c2SCC3)CC1. The summed E-state index contributed by atoms with van der Waals surface area (Å²) in [5.74, 6) is 2.07. The number of likely N-dealkylation sites (tertiary alicyclic amines) is 1. The van der Waals surface area contributed by atoms with Crippen LogP contribution in [0.2, 0.25) is 5.28 Å². The largest absolute Gasteiger partial charge is 0.366 e. The number of hydrogen-bond acceptors (Lipinski definition) is 5. The second-order valence-corrected chi connectivity index (χ2v) is 6.58. The Labute approximate surface area is 141 Å². The summed E-state index contributed by atoms with van der Waals surface area (Å²) < 4.78 is 0. The first-order valence-electron chi connectivity index (χ1n) is 7.85. The zero-order valence-electron chi connectivity index (χ0n) is 13.4. The predicted molar refractivity (Wildman–Crippen MR) is 91.7 cm³/mol. The van der Waals surface area contributed by atoms with Gasteiger partial charge in [0.2, 0.25) is 11.2 Å². The van der Waals surface area contributed by atoms with Crippen molar-refractivity contribution in [3.8, 4) is 0 Å². The van der Waals surface area contributed by atoms with E-state index in [4.69, 9.17) is 11.6 Å². The monoisotopic (exact) mass is 342 g/mol. The molecule has 0 saturated carbocycles. The van der Waals surface area contributed by atoms with Crippen molar-refractivity contribution in [1.29, 1.82) is 0 Å². The minimum absolute atomic E-state index is 0.157. The lowest BCUT2D eigenvalue weighted by Crippen LogP contribution is -2.41. The van der Waals surface area contributed by atoms with Crippen molar-refractivity contribution in [1.82, 2.24) is 14.9 Å². The normalized spacial score (nSPS) is 17.5. The first-order chi connectivity index (χ1) is 10.6. The van der Waals surface area contributed by atoms with Crippen LogP contribution in [0.4, 0.5) is 5.82 Å². The van der Waals surface area contributed by atoms with E-state index in [1.807, 2.05) is 18.7 Å². The van der Waals surface area contributed by atoms with Gasteiger partial charge in [0, 0.05) is 38.2 Å². The van der Waals surface area contributed by atoms with Crippen LogP contribution in [-0.4, -0.2) is 45.7 Å². The van der Waals surface area contributed by atoms with Crippen molar-refractivity contribution in [2.75, 3.05) is 24.2 Å². The van der Waals surface area contributed by atoms with Crippen molar-refractivity contribution < 1.29 is 4.79 Å². The van der Waals surface area contributed by atoms with Crippen LogP contribution in [0.3, 0.4) is 0 Å². The molecule has 1 saturated heterocycles. The lowest BCUT2D eigenvalue weighted by Gasteiger charge is -2.32. The molecule has 1 fully saturated rings. The number of carbonyl (C=O) groups excluding carboxylic acids is 1. The van der Waals surface area contributed by atoms with Gasteiger partial charge in [0.05, 0.1) is 10.6 Å². The quantitative estimate of drug-likeness (QED) is 0.836. The second-order valence-electron chi connectivity index (χ2n) is 5.14. The van der Waals surface area contributed by atoms with Gasteiger partial charge in [0.1, 0.15) is 5.82 Å². The van der Waals surface area contributed by atoms with Gasteiger partial charge in [-0.25, -0.2) is 4.98 Å². The molecular formula is C15H23ClN4OS. The van der Waals surface area contributed by atoms with Gasteiger partial charge in [-0.15, -0.1) is 11.8 Å². The van der Waals surface area contributed by atoms with E-state index >= 15 is 0 Å². The Bertz CT molecular complexity index is 533. The Balaban J connectivity index is 0.000000847. The van der Waals surface area contributed by atoms with Gasteiger partial charge in [0.15, 0.2) is 0 Å². The third-order valence-electron chi connectivity index (χ3n) is 3.77. The molecule has 5 nitrogen and oxygen atoms in total. The maximum absolute atomic E-state index is 11.3.